The molecule has 0 unspecified atom stereocenters. The number of esters is 2. The smallest absolute Gasteiger partial charge is 0.340 e. The van der Waals surface area contributed by atoms with Crippen LogP contribution < -0.4 is 14.4 Å². The standard InChI is InChI=1S/C24H21NO7/c1-4-30-23(27)16-6-8-17(9-7-16)25-14(2)21(24(28)29-3)18(22(25)26)11-15-5-10-19-20(12-15)32-13-31-19/h5-12H,4,13H2,1-3H3. The van der Waals surface area contributed by atoms with E-state index in [0.29, 0.717) is 34.0 Å². The van der Waals surface area contributed by atoms with Crippen LogP contribution in [0.5, 0.6) is 11.5 Å². The highest BCUT2D eigenvalue weighted by Crippen LogP contribution is 2.37. The topological polar surface area (TPSA) is 91.4 Å². The molecular weight excluding hydrogens is 414 g/mol. The maximum atomic E-state index is 13.4. The van der Waals surface area contributed by atoms with E-state index in [1.165, 1.54) is 12.0 Å². The predicted octanol–water partition coefficient (Wildman–Crippen LogP) is 3.47. The van der Waals surface area contributed by atoms with Crippen LogP contribution in [0, 0.1) is 0 Å². The van der Waals surface area contributed by atoms with Gasteiger partial charge in [-0.25, -0.2) is 9.59 Å². The fourth-order valence-electron chi connectivity index (χ4n) is 3.62. The SMILES string of the molecule is CCOC(=O)c1ccc(N2C(=O)C(=Cc3ccc4c(c3)OCO4)C(C(=O)OC)=C2C)cc1. The molecule has 4 rings (SSSR count). The van der Waals surface area contributed by atoms with E-state index >= 15 is 0 Å². The number of carbonyl (C=O) groups is 3. The fraction of sp³-hybridized carbons (Fsp3) is 0.208. The Morgan fingerprint density at radius 2 is 1.78 bits per heavy atom. The highest BCUT2D eigenvalue weighted by molar-refractivity contribution is 6.23. The van der Waals surface area contributed by atoms with E-state index in [2.05, 4.69) is 0 Å². The van der Waals surface area contributed by atoms with Gasteiger partial charge < -0.3 is 18.9 Å². The second-order valence-corrected chi connectivity index (χ2v) is 7.03. The van der Waals surface area contributed by atoms with Gasteiger partial charge in [-0.1, -0.05) is 6.07 Å². The molecule has 0 atom stereocenters. The van der Waals surface area contributed by atoms with Crippen LogP contribution in [-0.2, 0) is 19.1 Å². The van der Waals surface area contributed by atoms with Crippen molar-refractivity contribution in [1.82, 2.24) is 0 Å². The summed E-state index contributed by atoms with van der Waals surface area (Å²) >= 11 is 0. The quantitative estimate of drug-likeness (QED) is 0.525. The largest absolute Gasteiger partial charge is 0.465 e. The van der Waals surface area contributed by atoms with Crippen LogP contribution in [0.15, 0.2) is 59.3 Å². The first kappa shape index (κ1) is 21.2. The average Bonchev–Trinajstić information content (AvgIpc) is 3.35. The van der Waals surface area contributed by atoms with Gasteiger partial charge in [-0.2, -0.15) is 0 Å². The number of fused-ring (bicyclic) bond motifs is 1. The minimum absolute atomic E-state index is 0.135. The molecule has 0 saturated heterocycles. The number of methoxy groups -OCH3 is 1. The van der Waals surface area contributed by atoms with Gasteiger partial charge in [-0.15, -0.1) is 0 Å². The van der Waals surface area contributed by atoms with Crippen molar-refractivity contribution in [2.24, 2.45) is 0 Å². The number of hydrogen-bond acceptors (Lipinski definition) is 7. The van der Waals surface area contributed by atoms with Crippen molar-refractivity contribution >= 4 is 29.6 Å². The van der Waals surface area contributed by atoms with Gasteiger partial charge in [0.05, 0.1) is 30.4 Å². The molecule has 0 bridgehead atoms. The lowest BCUT2D eigenvalue weighted by atomic mass is 10.0. The zero-order valence-corrected chi connectivity index (χ0v) is 17.8. The Kier molecular flexibility index (Phi) is 5.68. The number of carbonyl (C=O) groups excluding carboxylic acids is 3. The molecule has 2 aromatic rings. The molecule has 2 aliphatic rings. The van der Waals surface area contributed by atoms with Gasteiger partial charge in [-0.3, -0.25) is 9.69 Å². The number of anilines is 1. The molecule has 0 radical (unpaired) electrons. The summed E-state index contributed by atoms with van der Waals surface area (Å²) in [6.07, 6.45) is 1.62. The number of rotatable bonds is 5. The maximum Gasteiger partial charge on any atom is 0.340 e. The first-order chi connectivity index (χ1) is 15.4. The van der Waals surface area contributed by atoms with Gasteiger partial charge >= 0.3 is 11.9 Å². The van der Waals surface area contributed by atoms with Gasteiger partial charge in [0.1, 0.15) is 0 Å². The van der Waals surface area contributed by atoms with E-state index in [1.807, 2.05) is 0 Å². The average molecular weight is 435 g/mol. The van der Waals surface area contributed by atoms with Crippen LogP contribution >= 0.6 is 0 Å². The molecule has 0 saturated carbocycles. The third-order valence-corrected chi connectivity index (χ3v) is 5.13. The van der Waals surface area contributed by atoms with Crippen LogP contribution in [0.1, 0.15) is 29.8 Å². The van der Waals surface area contributed by atoms with E-state index in [-0.39, 0.29) is 30.5 Å². The minimum Gasteiger partial charge on any atom is -0.465 e. The van der Waals surface area contributed by atoms with E-state index in [0.717, 1.165) is 0 Å². The highest BCUT2D eigenvalue weighted by Gasteiger charge is 2.38. The van der Waals surface area contributed by atoms with Crippen LogP contribution in [-0.4, -0.2) is 38.4 Å². The summed E-state index contributed by atoms with van der Waals surface area (Å²) in [5.41, 5.74) is 2.35. The third kappa shape index (κ3) is 3.71. The van der Waals surface area contributed by atoms with E-state index in [1.54, 1.807) is 62.4 Å². The van der Waals surface area contributed by atoms with Gasteiger partial charge in [-0.05, 0) is 61.9 Å². The number of hydrogen-bond donors (Lipinski definition) is 0. The van der Waals surface area contributed by atoms with Gasteiger partial charge in [0.2, 0.25) is 6.79 Å². The van der Waals surface area contributed by atoms with Crippen LogP contribution in [0.25, 0.3) is 6.08 Å². The van der Waals surface area contributed by atoms with Crippen molar-refractivity contribution in [3.8, 4) is 11.5 Å². The summed E-state index contributed by atoms with van der Waals surface area (Å²) in [4.78, 5) is 39.2. The minimum atomic E-state index is -0.617. The van der Waals surface area contributed by atoms with Crippen LogP contribution in [0.3, 0.4) is 0 Å². The lowest BCUT2D eigenvalue weighted by Crippen LogP contribution is -2.24. The first-order valence-corrected chi connectivity index (χ1v) is 9.97. The van der Waals surface area contributed by atoms with E-state index in [9.17, 15) is 14.4 Å². The molecule has 0 aromatic heterocycles. The van der Waals surface area contributed by atoms with Crippen molar-refractivity contribution in [2.45, 2.75) is 13.8 Å². The van der Waals surface area contributed by atoms with Gasteiger partial charge in [0.15, 0.2) is 11.5 Å². The zero-order chi connectivity index (χ0) is 22.8. The van der Waals surface area contributed by atoms with Crippen molar-refractivity contribution in [3.63, 3.8) is 0 Å². The molecule has 0 fully saturated rings. The van der Waals surface area contributed by atoms with Crippen molar-refractivity contribution < 1.29 is 33.3 Å². The molecule has 2 aromatic carbocycles. The molecule has 2 aliphatic heterocycles. The Morgan fingerprint density at radius 1 is 1.06 bits per heavy atom. The lowest BCUT2D eigenvalue weighted by Gasteiger charge is -2.18. The number of allylic oxidation sites excluding steroid dienone is 1. The molecule has 0 N–H and O–H groups in total. The molecule has 0 aliphatic carbocycles. The monoisotopic (exact) mass is 435 g/mol. The maximum absolute atomic E-state index is 13.4. The summed E-state index contributed by atoms with van der Waals surface area (Å²) in [5, 5.41) is 0. The second kappa shape index (κ2) is 8.58. The van der Waals surface area contributed by atoms with Crippen molar-refractivity contribution in [3.05, 3.63) is 70.4 Å². The van der Waals surface area contributed by atoms with Gasteiger partial charge in [0.25, 0.3) is 5.91 Å². The third-order valence-electron chi connectivity index (χ3n) is 5.13. The Balaban J connectivity index is 1.72. The summed E-state index contributed by atoms with van der Waals surface area (Å²) in [6.45, 7) is 3.80. The summed E-state index contributed by atoms with van der Waals surface area (Å²) in [6, 6.07) is 11.7. The molecule has 1 amide bonds. The van der Waals surface area contributed by atoms with Crippen molar-refractivity contribution in [1.29, 1.82) is 0 Å². The molecule has 32 heavy (non-hydrogen) atoms. The van der Waals surface area contributed by atoms with Crippen molar-refractivity contribution in [2.75, 3.05) is 25.4 Å². The fourth-order valence-corrected chi connectivity index (χ4v) is 3.62. The van der Waals surface area contributed by atoms with Crippen LogP contribution in [0.4, 0.5) is 5.69 Å². The summed E-state index contributed by atoms with van der Waals surface area (Å²) in [7, 11) is 1.27. The predicted molar refractivity (Wildman–Crippen MR) is 115 cm³/mol. The van der Waals surface area contributed by atoms with Gasteiger partial charge in [0, 0.05) is 11.4 Å². The van der Waals surface area contributed by atoms with E-state index in [4.69, 9.17) is 18.9 Å². The Bertz CT molecular complexity index is 1160. The number of ether oxygens (including phenoxy) is 4. The Labute approximate surface area is 184 Å². The van der Waals surface area contributed by atoms with Crippen LogP contribution in [0.2, 0.25) is 0 Å². The second-order valence-electron chi connectivity index (χ2n) is 7.03. The molecule has 8 heteroatoms. The molecule has 8 nitrogen and oxygen atoms in total. The molecular formula is C24H21NO7. The molecule has 2 heterocycles. The number of benzene rings is 2. The summed E-state index contributed by atoms with van der Waals surface area (Å²) < 4.78 is 20.6. The van der Waals surface area contributed by atoms with E-state index < -0.39 is 11.9 Å². The number of nitrogens with zero attached hydrogens (tertiary/aromatic N) is 1. The number of amides is 1. The first-order valence-electron chi connectivity index (χ1n) is 9.97. The molecule has 0 spiro atoms. The zero-order valence-electron chi connectivity index (χ0n) is 17.8. The Morgan fingerprint density at radius 3 is 2.47 bits per heavy atom. The Hall–Kier alpha value is -4.07. The highest BCUT2D eigenvalue weighted by atomic mass is 16.7. The summed E-state index contributed by atoms with van der Waals surface area (Å²) in [5.74, 6) is -0.264. The normalized spacial score (nSPS) is 16.0. The lowest BCUT2D eigenvalue weighted by molar-refractivity contribution is -0.136. The molecule has 164 valence electrons.